The molecule has 0 fully saturated rings. The van der Waals surface area contributed by atoms with Crippen molar-refractivity contribution >= 4 is 23.3 Å². The molecule has 0 saturated carbocycles. The van der Waals surface area contributed by atoms with Crippen LogP contribution in [0.15, 0.2) is 48.7 Å². The molecule has 0 unspecified atom stereocenters. The van der Waals surface area contributed by atoms with E-state index in [-0.39, 0.29) is 11.2 Å². The molecule has 5 heteroatoms. The third-order valence-electron chi connectivity index (χ3n) is 3.82. The number of rotatable bonds is 6. The van der Waals surface area contributed by atoms with Crippen molar-refractivity contribution in [1.29, 1.82) is 0 Å². The molecule has 0 spiro atoms. The second-order valence-electron chi connectivity index (χ2n) is 5.87. The average molecular weight is 332 g/mol. The molecule has 0 aliphatic heterocycles. The zero-order valence-electron chi connectivity index (χ0n) is 13.4. The van der Waals surface area contributed by atoms with Gasteiger partial charge in [0.05, 0.1) is 5.69 Å². The lowest BCUT2D eigenvalue weighted by molar-refractivity contribution is 0.247. The Bertz CT molecular complexity index is 631. The summed E-state index contributed by atoms with van der Waals surface area (Å²) in [5.41, 5.74) is 1.79. The molecule has 1 heterocycles. The summed E-state index contributed by atoms with van der Waals surface area (Å²) in [5, 5.41) is 5.93. The van der Waals surface area contributed by atoms with Gasteiger partial charge in [-0.1, -0.05) is 55.8 Å². The quantitative estimate of drug-likeness (QED) is 0.772. The van der Waals surface area contributed by atoms with Crippen molar-refractivity contribution in [3.63, 3.8) is 0 Å². The fourth-order valence-corrected chi connectivity index (χ4v) is 2.50. The summed E-state index contributed by atoms with van der Waals surface area (Å²) in [5.74, 6) is 0.838. The van der Waals surface area contributed by atoms with E-state index in [2.05, 4.69) is 41.6 Å². The van der Waals surface area contributed by atoms with E-state index in [4.69, 9.17) is 11.6 Å². The Morgan fingerprint density at radius 3 is 2.57 bits per heavy atom. The summed E-state index contributed by atoms with van der Waals surface area (Å²) in [6, 6.07) is 13.5. The zero-order chi connectivity index (χ0) is 16.7. The van der Waals surface area contributed by atoms with E-state index in [1.165, 1.54) is 5.56 Å². The Kier molecular flexibility index (Phi) is 6.41. The number of amides is 2. The number of aromatic nitrogens is 1. The predicted octanol–water partition coefficient (Wildman–Crippen LogP) is 4.37. The van der Waals surface area contributed by atoms with E-state index >= 15 is 0 Å². The summed E-state index contributed by atoms with van der Waals surface area (Å²) in [4.78, 5) is 16.0. The summed E-state index contributed by atoms with van der Waals surface area (Å²) < 4.78 is 0. The molecular formula is C18H22ClN3O. The molecule has 122 valence electrons. The minimum Gasteiger partial charge on any atom is -0.338 e. The second-order valence-corrected chi connectivity index (χ2v) is 6.23. The number of nitrogens with one attached hydrogen (secondary N) is 2. The number of halogens is 1. The maximum Gasteiger partial charge on any atom is 0.319 e. The van der Waals surface area contributed by atoms with Gasteiger partial charge in [-0.25, -0.2) is 9.78 Å². The van der Waals surface area contributed by atoms with Crippen molar-refractivity contribution < 1.29 is 4.79 Å². The van der Waals surface area contributed by atoms with Crippen molar-refractivity contribution in [2.24, 2.45) is 11.8 Å². The molecule has 23 heavy (non-hydrogen) atoms. The highest BCUT2D eigenvalue weighted by Gasteiger charge is 2.15. The van der Waals surface area contributed by atoms with Gasteiger partial charge < -0.3 is 10.6 Å². The van der Waals surface area contributed by atoms with Crippen LogP contribution in [0.2, 0.25) is 5.15 Å². The van der Waals surface area contributed by atoms with Crippen LogP contribution in [0.1, 0.15) is 19.4 Å². The van der Waals surface area contributed by atoms with Crippen LogP contribution in [0, 0.1) is 11.8 Å². The first-order valence-electron chi connectivity index (χ1n) is 7.75. The van der Waals surface area contributed by atoms with Gasteiger partial charge in [0.1, 0.15) is 0 Å². The third-order valence-corrected chi connectivity index (χ3v) is 4.12. The number of benzene rings is 1. The van der Waals surface area contributed by atoms with Gasteiger partial charge in [0.15, 0.2) is 5.15 Å². The fourth-order valence-electron chi connectivity index (χ4n) is 2.33. The summed E-state index contributed by atoms with van der Waals surface area (Å²) in [6.45, 7) is 4.95. The van der Waals surface area contributed by atoms with Crippen molar-refractivity contribution in [1.82, 2.24) is 10.3 Å². The molecule has 0 radical (unpaired) electrons. The van der Waals surface area contributed by atoms with Crippen molar-refractivity contribution in [2.45, 2.75) is 20.3 Å². The van der Waals surface area contributed by atoms with Crippen LogP contribution in [0.25, 0.3) is 0 Å². The smallest absolute Gasteiger partial charge is 0.319 e. The van der Waals surface area contributed by atoms with Crippen LogP contribution in [0.3, 0.4) is 0 Å². The molecule has 1 atom stereocenters. The normalized spacial score (nSPS) is 12.0. The monoisotopic (exact) mass is 331 g/mol. The highest BCUT2D eigenvalue weighted by molar-refractivity contribution is 6.32. The molecule has 0 saturated heterocycles. The number of nitrogens with zero attached hydrogens (tertiary/aromatic N) is 1. The van der Waals surface area contributed by atoms with Gasteiger partial charge in [-0.3, -0.25) is 0 Å². The maximum absolute atomic E-state index is 12.0. The lowest BCUT2D eigenvalue weighted by atomic mass is 9.89. The topological polar surface area (TPSA) is 54.0 Å². The Morgan fingerprint density at radius 1 is 1.17 bits per heavy atom. The van der Waals surface area contributed by atoms with E-state index in [1.807, 2.05) is 18.2 Å². The molecule has 2 aromatic rings. The Morgan fingerprint density at radius 2 is 1.91 bits per heavy atom. The van der Waals surface area contributed by atoms with E-state index in [9.17, 15) is 4.79 Å². The van der Waals surface area contributed by atoms with Crippen LogP contribution in [0.4, 0.5) is 10.5 Å². The van der Waals surface area contributed by atoms with Gasteiger partial charge in [-0.15, -0.1) is 0 Å². The van der Waals surface area contributed by atoms with Crippen LogP contribution in [0.5, 0.6) is 0 Å². The molecular weight excluding hydrogens is 310 g/mol. The Balaban J connectivity index is 1.88. The molecule has 0 aliphatic carbocycles. The summed E-state index contributed by atoms with van der Waals surface area (Å²) >= 11 is 5.94. The van der Waals surface area contributed by atoms with Gasteiger partial charge in [0.2, 0.25) is 0 Å². The second kappa shape index (κ2) is 8.53. The molecule has 0 aliphatic rings. The maximum atomic E-state index is 12.0. The number of pyridine rings is 1. The standard InChI is InChI=1S/C18H22ClN3O/c1-13(2)15(11-14-7-4-3-5-8-14)12-21-18(23)22-16-9-6-10-20-17(16)19/h3-10,13,15H,11-12H2,1-2H3,(H2,21,22,23)/t15-/m0/s1. The minimum absolute atomic E-state index is 0.265. The van der Waals surface area contributed by atoms with Crippen molar-refractivity contribution in [3.05, 3.63) is 59.4 Å². The number of hydrogen-bond donors (Lipinski definition) is 2. The van der Waals surface area contributed by atoms with Gasteiger partial charge in [-0.2, -0.15) is 0 Å². The Hall–Kier alpha value is -2.07. The summed E-state index contributed by atoms with van der Waals surface area (Å²) in [6.07, 6.45) is 2.52. The SMILES string of the molecule is CC(C)[C@H](CNC(=O)Nc1cccnc1Cl)Cc1ccccc1. The van der Waals surface area contributed by atoms with Crippen molar-refractivity contribution in [2.75, 3.05) is 11.9 Å². The number of anilines is 1. The molecule has 1 aromatic carbocycles. The van der Waals surface area contributed by atoms with Crippen molar-refractivity contribution in [3.8, 4) is 0 Å². The third kappa shape index (κ3) is 5.57. The molecule has 2 N–H and O–H groups in total. The minimum atomic E-state index is -0.265. The molecule has 1 aromatic heterocycles. The van der Waals surface area contributed by atoms with Gasteiger partial charge >= 0.3 is 6.03 Å². The highest BCUT2D eigenvalue weighted by atomic mass is 35.5. The van der Waals surface area contributed by atoms with Gasteiger partial charge in [0, 0.05) is 12.7 Å². The summed E-state index contributed by atoms with van der Waals surface area (Å²) in [7, 11) is 0. The van der Waals surface area contributed by atoms with Crippen LogP contribution in [-0.2, 0) is 6.42 Å². The number of carbonyl (C=O) groups is 1. The van der Waals surface area contributed by atoms with Gasteiger partial charge in [0.25, 0.3) is 0 Å². The largest absolute Gasteiger partial charge is 0.338 e. The molecule has 2 rings (SSSR count). The lowest BCUT2D eigenvalue weighted by Crippen LogP contribution is -2.35. The first-order valence-corrected chi connectivity index (χ1v) is 8.13. The molecule has 0 bridgehead atoms. The number of hydrogen-bond acceptors (Lipinski definition) is 2. The highest BCUT2D eigenvalue weighted by Crippen LogP contribution is 2.18. The van der Waals surface area contributed by atoms with E-state index in [0.29, 0.717) is 24.1 Å². The van der Waals surface area contributed by atoms with E-state index in [1.54, 1.807) is 18.3 Å². The fraction of sp³-hybridized carbons (Fsp3) is 0.333. The number of carbonyl (C=O) groups excluding carboxylic acids is 1. The first kappa shape index (κ1) is 17.3. The lowest BCUT2D eigenvalue weighted by Gasteiger charge is -2.21. The van der Waals surface area contributed by atoms with E-state index < -0.39 is 0 Å². The molecule has 2 amide bonds. The zero-order valence-corrected chi connectivity index (χ0v) is 14.2. The van der Waals surface area contributed by atoms with Crippen LogP contribution in [-0.4, -0.2) is 17.6 Å². The van der Waals surface area contributed by atoms with Crippen LogP contribution < -0.4 is 10.6 Å². The van der Waals surface area contributed by atoms with Crippen LogP contribution >= 0.6 is 11.6 Å². The first-order chi connectivity index (χ1) is 11.1. The van der Waals surface area contributed by atoms with Gasteiger partial charge in [-0.05, 0) is 36.0 Å². The molecule has 4 nitrogen and oxygen atoms in total. The Labute approximate surface area is 142 Å². The average Bonchev–Trinajstić information content (AvgIpc) is 2.54. The van der Waals surface area contributed by atoms with E-state index in [0.717, 1.165) is 6.42 Å². The number of urea groups is 1. The predicted molar refractivity (Wildman–Crippen MR) is 94.7 cm³/mol.